The minimum absolute atomic E-state index is 0.0244. The molecule has 3 heterocycles. The maximum Gasteiger partial charge on any atom is 0.508 e. The lowest BCUT2D eigenvalue weighted by Crippen LogP contribution is -2.40. The summed E-state index contributed by atoms with van der Waals surface area (Å²) in [6.07, 6.45) is 1.07. The molecule has 2 aliphatic heterocycles. The quantitative estimate of drug-likeness (QED) is 0.297. The number of carbonyl (C=O) groups excluding carboxylic acids is 1. The summed E-state index contributed by atoms with van der Waals surface area (Å²) < 4.78 is 42.3. The first-order chi connectivity index (χ1) is 17.8. The second-order valence-electron chi connectivity index (χ2n) is 8.30. The highest BCUT2D eigenvalue weighted by Crippen LogP contribution is 2.35. The van der Waals surface area contributed by atoms with E-state index in [1.165, 1.54) is 34.9 Å². The zero-order chi connectivity index (χ0) is 26.4. The number of anilines is 3. The summed E-state index contributed by atoms with van der Waals surface area (Å²) in [5.74, 6) is 0.118. The third-order valence-corrected chi connectivity index (χ3v) is 7.89. The van der Waals surface area contributed by atoms with Crippen LogP contribution in [-0.2, 0) is 24.2 Å². The maximum absolute atomic E-state index is 12.8. The number of sulfonamides is 1. The Morgan fingerprint density at radius 2 is 1.84 bits per heavy atom. The zero-order valence-electron chi connectivity index (χ0n) is 20.2. The van der Waals surface area contributed by atoms with E-state index in [0.29, 0.717) is 44.8 Å². The Morgan fingerprint density at radius 1 is 1.16 bits per heavy atom. The normalized spacial score (nSPS) is 17.3. The van der Waals surface area contributed by atoms with Crippen molar-refractivity contribution in [1.82, 2.24) is 14.3 Å². The molecule has 0 bridgehead atoms. The van der Waals surface area contributed by atoms with E-state index < -0.39 is 21.1 Å². The summed E-state index contributed by atoms with van der Waals surface area (Å²) in [7, 11) is -3.66. The fraction of sp³-hybridized carbons (Fsp3) is 0.500. The fourth-order valence-electron chi connectivity index (χ4n) is 4.12. The standard InChI is InChI=1S/C22H28N6O8S/c1-2-35-22(29)36-17-7-9-26(10-8-17)21-19(28(30)31)20(23-15-24-21)25-16-3-5-18(6-4-16)37(32,33)27-11-13-34-14-12-27/h3-6,15,17H,2,7-14H2,1H3,(H,23,24,25). The van der Waals surface area contributed by atoms with Crippen molar-refractivity contribution in [3.05, 3.63) is 40.7 Å². The topological polar surface area (TPSA) is 166 Å². The monoisotopic (exact) mass is 536 g/mol. The summed E-state index contributed by atoms with van der Waals surface area (Å²) in [5, 5.41) is 14.9. The smallest absolute Gasteiger partial charge is 0.435 e. The van der Waals surface area contributed by atoms with Gasteiger partial charge in [-0.25, -0.2) is 23.2 Å². The second-order valence-corrected chi connectivity index (χ2v) is 10.2. The lowest BCUT2D eigenvalue weighted by Gasteiger charge is -2.31. The fourth-order valence-corrected chi connectivity index (χ4v) is 5.52. The van der Waals surface area contributed by atoms with Crippen LogP contribution in [0.2, 0.25) is 0 Å². The molecule has 2 aromatic rings. The van der Waals surface area contributed by atoms with Crippen LogP contribution in [0.4, 0.5) is 27.8 Å². The van der Waals surface area contributed by atoms with E-state index >= 15 is 0 Å². The Kier molecular flexibility index (Phi) is 8.35. The Morgan fingerprint density at radius 3 is 2.46 bits per heavy atom. The van der Waals surface area contributed by atoms with Gasteiger partial charge < -0.3 is 24.4 Å². The summed E-state index contributed by atoms with van der Waals surface area (Å²) in [4.78, 5) is 33.1. The zero-order valence-corrected chi connectivity index (χ0v) is 21.1. The number of nitrogens with zero attached hydrogens (tertiary/aromatic N) is 5. The molecule has 15 heteroatoms. The molecular weight excluding hydrogens is 508 g/mol. The number of aromatic nitrogens is 2. The molecule has 0 unspecified atom stereocenters. The third-order valence-electron chi connectivity index (χ3n) is 5.98. The highest BCUT2D eigenvalue weighted by Gasteiger charge is 2.31. The Hall–Kier alpha value is -3.56. The number of carbonyl (C=O) groups is 1. The first-order valence-corrected chi connectivity index (χ1v) is 13.3. The maximum atomic E-state index is 12.8. The molecule has 37 heavy (non-hydrogen) atoms. The van der Waals surface area contributed by atoms with E-state index in [2.05, 4.69) is 15.3 Å². The molecular formula is C22H28N6O8S. The molecule has 1 aromatic heterocycles. The van der Waals surface area contributed by atoms with Gasteiger partial charge in [-0.3, -0.25) is 10.1 Å². The van der Waals surface area contributed by atoms with E-state index in [-0.39, 0.29) is 48.0 Å². The number of nitro groups is 1. The molecule has 200 valence electrons. The average Bonchev–Trinajstić information content (AvgIpc) is 2.90. The Bertz CT molecular complexity index is 1210. The number of piperidine rings is 1. The summed E-state index contributed by atoms with van der Waals surface area (Å²) in [5.41, 5.74) is 0.118. The highest BCUT2D eigenvalue weighted by atomic mass is 32.2. The molecule has 0 radical (unpaired) electrons. The first kappa shape index (κ1) is 26.5. The van der Waals surface area contributed by atoms with Crippen molar-refractivity contribution in [2.75, 3.05) is 56.2 Å². The van der Waals surface area contributed by atoms with Crippen molar-refractivity contribution >= 4 is 39.2 Å². The van der Waals surface area contributed by atoms with Gasteiger partial charge in [0, 0.05) is 44.7 Å². The molecule has 1 aromatic carbocycles. The lowest BCUT2D eigenvalue weighted by molar-refractivity contribution is -0.383. The average molecular weight is 537 g/mol. The lowest BCUT2D eigenvalue weighted by atomic mass is 10.1. The predicted octanol–water partition coefficient (Wildman–Crippen LogP) is 2.29. The van der Waals surface area contributed by atoms with Crippen LogP contribution in [0.1, 0.15) is 19.8 Å². The van der Waals surface area contributed by atoms with Crippen molar-refractivity contribution < 1.29 is 32.3 Å². The third kappa shape index (κ3) is 6.23. The number of hydrogen-bond donors (Lipinski definition) is 1. The van der Waals surface area contributed by atoms with Crippen LogP contribution < -0.4 is 10.2 Å². The number of hydrogen-bond acceptors (Lipinski definition) is 12. The van der Waals surface area contributed by atoms with Gasteiger partial charge in [0.15, 0.2) is 0 Å². The van der Waals surface area contributed by atoms with Gasteiger partial charge in [-0.2, -0.15) is 4.31 Å². The second kappa shape index (κ2) is 11.7. The van der Waals surface area contributed by atoms with Crippen LogP contribution >= 0.6 is 0 Å². The molecule has 14 nitrogen and oxygen atoms in total. The van der Waals surface area contributed by atoms with Crippen molar-refractivity contribution in [2.45, 2.75) is 30.8 Å². The van der Waals surface area contributed by atoms with Gasteiger partial charge in [0.2, 0.25) is 21.7 Å². The molecule has 2 saturated heterocycles. The van der Waals surface area contributed by atoms with E-state index in [1.807, 2.05) is 0 Å². The molecule has 2 aliphatic rings. The SMILES string of the molecule is CCOC(=O)OC1CCN(c2ncnc(Nc3ccc(S(=O)(=O)N4CCOCC4)cc3)c2[N+](=O)[O-])CC1. The minimum atomic E-state index is -3.66. The van der Waals surface area contributed by atoms with Crippen molar-refractivity contribution in [3.8, 4) is 0 Å². The largest absolute Gasteiger partial charge is 0.508 e. The van der Waals surface area contributed by atoms with Crippen LogP contribution in [0.25, 0.3) is 0 Å². The van der Waals surface area contributed by atoms with Gasteiger partial charge in [0.25, 0.3) is 0 Å². The summed E-state index contributed by atoms with van der Waals surface area (Å²) in [6.45, 7) is 3.92. The number of morpholine rings is 1. The predicted molar refractivity (Wildman–Crippen MR) is 131 cm³/mol. The van der Waals surface area contributed by atoms with Crippen molar-refractivity contribution in [3.63, 3.8) is 0 Å². The van der Waals surface area contributed by atoms with Crippen molar-refractivity contribution in [1.29, 1.82) is 0 Å². The van der Waals surface area contributed by atoms with Gasteiger partial charge in [0.05, 0.1) is 29.6 Å². The molecule has 0 amide bonds. The van der Waals surface area contributed by atoms with Crippen LogP contribution in [0.3, 0.4) is 0 Å². The van der Waals surface area contributed by atoms with Gasteiger partial charge in [-0.05, 0) is 31.2 Å². The molecule has 0 saturated carbocycles. The molecule has 1 N–H and O–H groups in total. The van der Waals surface area contributed by atoms with Crippen LogP contribution in [-0.4, -0.2) is 85.9 Å². The van der Waals surface area contributed by atoms with E-state index in [0.717, 1.165) is 0 Å². The molecule has 0 spiro atoms. The number of nitrogens with one attached hydrogen (secondary N) is 1. The van der Waals surface area contributed by atoms with Gasteiger partial charge in [-0.1, -0.05) is 0 Å². The number of benzene rings is 1. The minimum Gasteiger partial charge on any atom is -0.435 e. The molecule has 4 rings (SSSR count). The van der Waals surface area contributed by atoms with Gasteiger partial charge in [0.1, 0.15) is 12.4 Å². The summed E-state index contributed by atoms with van der Waals surface area (Å²) >= 11 is 0. The van der Waals surface area contributed by atoms with Gasteiger partial charge >= 0.3 is 11.8 Å². The Balaban J connectivity index is 1.48. The van der Waals surface area contributed by atoms with Gasteiger partial charge in [-0.15, -0.1) is 0 Å². The number of rotatable bonds is 8. The van der Waals surface area contributed by atoms with Crippen LogP contribution in [0, 0.1) is 10.1 Å². The first-order valence-electron chi connectivity index (χ1n) is 11.8. The Labute approximate surface area is 213 Å². The highest BCUT2D eigenvalue weighted by molar-refractivity contribution is 7.89. The van der Waals surface area contributed by atoms with Crippen LogP contribution in [0.15, 0.2) is 35.5 Å². The van der Waals surface area contributed by atoms with Crippen molar-refractivity contribution in [2.24, 2.45) is 0 Å². The molecule has 0 atom stereocenters. The van der Waals surface area contributed by atoms with Crippen LogP contribution in [0.5, 0.6) is 0 Å². The molecule has 0 aliphatic carbocycles. The van der Waals surface area contributed by atoms with E-state index in [1.54, 1.807) is 11.8 Å². The number of ether oxygens (including phenoxy) is 3. The van der Waals surface area contributed by atoms with E-state index in [4.69, 9.17) is 14.2 Å². The van der Waals surface area contributed by atoms with E-state index in [9.17, 15) is 23.3 Å². The molecule has 2 fully saturated rings. The summed E-state index contributed by atoms with van der Waals surface area (Å²) in [6, 6.07) is 5.93.